The number of amides is 1. The summed E-state index contributed by atoms with van der Waals surface area (Å²) in [4.78, 5) is 11.9. The van der Waals surface area contributed by atoms with Gasteiger partial charge in [0.2, 0.25) is 5.91 Å². The lowest BCUT2D eigenvalue weighted by Gasteiger charge is -2.29. The van der Waals surface area contributed by atoms with E-state index in [1.807, 2.05) is 0 Å². The summed E-state index contributed by atoms with van der Waals surface area (Å²) in [5.74, 6) is 0.0835. The van der Waals surface area contributed by atoms with Gasteiger partial charge in [0.15, 0.2) is 0 Å². The van der Waals surface area contributed by atoms with Crippen molar-refractivity contribution in [3.05, 3.63) is 0 Å². The van der Waals surface area contributed by atoms with Crippen molar-refractivity contribution in [1.82, 2.24) is 5.32 Å². The predicted octanol–water partition coefficient (Wildman–Crippen LogP) is 0.942. The molecule has 0 spiro atoms. The topological polar surface area (TPSA) is 64.3 Å². The first-order chi connectivity index (χ1) is 7.75. The van der Waals surface area contributed by atoms with Gasteiger partial charge in [-0.1, -0.05) is 0 Å². The SMILES string of the molecule is NC1CCC(NC(=O)C2CCCCO2)CC1. The number of rotatable bonds is 2. The fourth-order valence-corrected chi connectivity index (χ4v) is 2.51. The fourth-order valence-electron chi connectivity index (χ4n) is 2.51. The molecule has 1 saturated carbocycles. The van der Waals surface area contributed by atoms with Crippen molar-refractivity contribution < 1.29 is 9.53 Å². The van der Waals surface area contributed by atoms with Gasteiger partial charge >= 0.3 is 0 Å². The molecule has 4 heteroatoms. The monoisotopic (exact) mass is 226 g/mol. The molecule has 3 N–H and O–H groups in total. The Kier molecular flexibility index (Phi) is 4.18. The summed E-state index contributed by atoms with van der Waals surface area (Å²) in [5.41, 5.74) is 5.83. The lowest BCUT2D eigenvalue weighted by atomic mass is 9.91. The van der Waals surface area contributed by atoms with E-state index in [-0.39, 0.29) is 12.0 Å². The maximum Gasteiger partial charge on any atom is 0.249 e. The van der Waals surface area contributed by atoms with Gasteiger partial charge in [0.1, 0.15) is 6.10 Å². The Morgan fingerprint density at radius 1 is 1.12 bits per heavy atom. The molecular formula is C12H22N2O2. The molecule has 1 heterocycles. The van der Waals surface area contributed by atoms with Crippen LogP contribution in [0.15, 0.2) is 0 Å². The normalized spacial score (nSPS) is 35.7. The van der Waals surface area contributed by atoms with E-state index in [9.17, 15) is 4.79 Å². The molecule has 1 amide bonds. The van der Waals surface area contributed by atoms with Crippen molar-refractivity contribution in [3.63, 3.8) is 0 Å². The molecule has 2 aliphatic rings. The van der Waals surface area contributed by atoms with Gasteiger partial charge in [-0.2, -0.15) is 0 Å². The van der Waals surface area contributed by atoms with Crippen LogP contribution in [0.4, 0.5) is 0 Å². The standard InChI is InChI=1S/C12H22N2O2/c13-9-4-6-10(7-5-9)14-12(15)11-3-1-2-8-16-11/h9-11H,1-8,13H2,(H,14,15). The molecule has 1 saturated heterocycles. The zero-order valence-electron chi connectivity index (χ0n) is 9.78. The van der Waals surface area contributed by atoms with Gasteiger partial charge in [-0.15, -0.1) is 0 Å². The molecule has 1 unspecified atom stereocenters. The molecule has 0 radical (unpaired) electrons. The van der Waals surface area contributed by atoms with Gasteiger partial charge in [0.25, 0.3) is 0 Å². The molecule has 4 nitrogen and oxygen atoms in total. The first-order valence-electron chi connectivity index (χ1n) is 6.43. The maximum absolute atomic E-state index is 11.9. The highest BCUT2D eigenvalue weighted by Crippen LogP contribution is 2.18. The highest BCUT2D eigenvalue weighted by Gasteiger charge is 2.26. The van der Waals surface area contributed by atoms with Crippen molar-refractivity contribution in [2.45, 2.75) is 63.1 Å². The summed E-state index contributed by atoms with van der Waals surface area (Å²) in [6.45, 7) is 0.730. The highest BCUT2D eigenvalue weighted by atomic mass is 16.5. The van der Waals surface area contributed by atoms with Crippen LogP contribution in [-0.2, 0) is 9.53 Å². The Bertz CT molecular complexity index is 231. The Morgan fingerprint density at radius 3 is 2.50 bits per heavy atom. The van der Waals surface area contributed by atoms with Crippen molar-refractivity contribution in [1.29, 1.82) is 0 Å². The Hall–Kier alpha value is -0.610. The van der Waals surface area contributed by atoms with Gasteiger partial charge < -0.3 is 15.8 Å². The lowest BCUT2D eigenvalue weighted by molar-refractivity contribution is -0.136. The number of ether oxygens (including phenoxy) is 1. The van der Waals surface area contributed by atoms with Crippen molar-refractivity contribution in [3.8, 4) is 0 Å². The average Bonchev–Trinajstić information content (AvgIpc) is 2.33. The zero-order valence-corrected chi connectivity index (χ0v) is 9.78. The van der Waals surface area contributed by atoms with Crippen LogP contribution in [0.1, 0.15) is 44.9 Å². The number of carbonyl (C=O) groups is 1. The molecule has 2 rings (SSSR count). The summed E-state index contributed by atoms with van der Waals surface area (Å²) in [5, 5.41) is 3.09. The van der Waals surface area contributed by atoms with E-state index in [1.54, 1.807) is 0 Å². The third-order valence-electron chi connectivity index (χ3n) is 3.59. The van der Waals surface area contributed by atoms with E-state index in [0.717, 1.165) is 51.6 Å². The second kappa shape index (κ2) is 5.64. The van der Waals surface area contributed by atoms with Gasteiger partial charge in [0.05, 0.1) is 0 Å². The first kappa shape index (κ1) is 11.9. The van der Waals surface area contributed by atoms with Gasteiger partial charge in [-0.25, -0.2) is 0 Å². The van der Waals surface area contributed by atoms with Crippen LogP contribution in [0.3, 0.4) is 0 Å². The molecule has 92 valence electrons. The minimum Gasteiger partial charge on any atom is -0.368 e. The summed E-state index contributed by atoms with van der Waals surface area (Å²) < 4.78 is 5.47. The third kappa shape index (κ3) is 3.19. The second-order valence-corrected chi connectivity index (χ2v) is 4.98. The van der Waals surface area contributed by atoms with Crippen LogP contribution in [0, 0.1) is 0 Å². The van der Waals surface area contributed by atoms with E-state index < -0.39 is 0 Å². The van der Waals surface area contributed by atoms with Gasteiger partial charge in [-0.3, -0.25) is 4.79 Å². The largest absolute Gasteiger partial charge is 0.368 e. The highest BCUT2D eigenvalue weighted by molar-refractivity contribution is 5.81. The van der Waals surface area contributed by atoms with E-state index in [4.69, 9.17) is 10.5 Å². The van der Waals surface area contributed by atoms with E-state index in [0.29, 0.717) is 12.1 Å². The van der Waals surface area contributed by atoms with E-state index >= 15 is 0 Å². The van der Waals surface area contributed by atoms with Crippen LogP contribution >= 0.6 is 0 Å². The summed E-state index contributed by atoms with van der Waals surface area (Å²) >= 11 is 0. The molecule has 0 aromatic heterocycles. The predicted molar refractivity (Wildman–Crippen MR) is 62.0 cm³/mol. The molecule has 16 heavy (non-hydrogen) atoms. The molecule has 1 atom stereocenters. The number of carbonyl (C=O) groups excluding carboxylic acids is 1. The second-order valence-electron chi connectivity index (χ2n) is 4.98. The molecule has 1 aliphatic heterocycles. The molecule has 2 fully saturated rings. The quantitative estimate of drug-likeness (QED) is 0.736. The van der Waals surface area contributed by atoms with Crippen LogP contribution in [-0.4, -0.2) is 30.7 Å². The van der Waals surface area contributed by atoms with E-state index in [2.05, 4.69) is 5.32 Å². The van der Waals surface area contributed by atoms with Crippen molar-refractivity contribution in [2.75, 3.05) is 6.61 Å². The van der Waals surface area contributed by atoms with Gasteiger partial charge in [0, 0.05) is 18.7 Å². The maximum atomic E-state index is 11.9. The van der Waals surface area contributed by atoms with Crippen LogP contribution in [0.2, 0.25) is 0 Å². The third-order valence-corrected chi connectivity index (χ3v) is 3.59. The summed E-state index contributed by atoms with van der Waals surface area (Å²) in [6.07, 6.45) is 6.93. The van der Waals surface area contributed by atoms with E-state index in [1.165, 1.54) is 0 Å². The smallest absolute Gasteiger partial charge is 0.249 e. The molecular weight excluding hydrogens is 204 g/mol. The molecule has 1 aliphatic carbocycles. The minimum atomic E-state index is -0.204. The average molecular weight is 226 g/mol. The molecule has 0 aromatic carbocycles. The lowest BCUT2D eigenvalue weighted by Crippen LogP contribution is -2.46. The number of hydrogen-bond donors (Lipinski definition) is 2. The molecule has 0 aromatic rings. The van der Waals surface area contributed by atoms with Crippen LogP contribution in [0.5, 0.6) is 0 Å². The van der Waals surface area contributed by atoms with Crippen LogP contribution in [0.25, 0.3) is 0 Å². The van der Waals surface area contributed by atoms with Crippen molar-refractivity contribution >= 4 is 5.91 Å². The van der Waals surface area contributed by atoms with Crippen molar-refractivity contribution in [2.24, 2.45) is 5.73 Å². The van der Waals surface area contributed by atoms with Crippen LogP contribution < -0.4 is 11.1 Å². The summed E-state index contributed by atoms with van der Waals surface area (Å²) in [7, 11) is 0. The van der Waals surface area contributed by atoms with Gasteiger partial charge in [-0.05, 0) is 44.9 Å². The number of nitrogens with one attached hydrogen (secondary N) is 1. The first-order valence-corrected chi connectivity index (χ1v) is 6.43. The number of hydrogen-bond acceptors (Lipinski definition) is 3. The number of nitrogens with two attached hydrogens (primary N) is 1. The minimum absolute atomic E-state index is 0.0835. The fraction of sp³-hybridized carbons (Fsp3) is 0.917. The Morgan fingerprint density at radius 2 is 1.88 bits per heavy atom. The Labute approximate surface area is 96.9 Å². The Balaban J connectivity index is 1.73. The summed E-state index contributed by atoms with van der Waals surface area (Å²) in [6, 6.07) is 0.650. The molecule has 0 bridgehead atoms. The zero-order chi connectivity index (χ0) is 11.4.